The molecular weight excluding hydrogens is 322 g/mol. The Labute approximate surface area is 159 Å². The molecule has 0 saturated heterocycles. The summed E-state index contributed by atoms with van der Waals surface area (Å²) in [7, 11) is 1.45. The number of methoxy groups -OCH3 is 1. The van der Waals surface area contributed by atoms with Gasteiger partial charge in [0, 0.05) is 0 Å². The molecule has 0 radical (unpaired) electrons. The third kappa shape index (κ3) is 4.42. The number of hydrogen-bond donors (Lipinski definition) is 1. The highest BCUT2D eigenvalue weighted by atomic mass is 16.5. The molecule has 3 aliphatic rings. The predicted molar refractivity (Wildman–Crippen MR) is 107 cm³/mol. The summed E-state index contributed by atoms with van der Waals surface area (Å²) >= 11 is 0. The van der Waals surface area contributed by atoms with Gasteiger partial charge < -0.3 is 10.5 Å². The smallest absolute Gasteiger partial charge is 0.325 e. The number of unbranched alkanes of at least 4 members (excludes halogenated alkanes) is 3. The topological polar surface area (TPSA) is 52.3 Å². The second-order valence-corrected chi connectivity index (χ2v) is 8.96. The van der Waals surface area contributed by atoms with Crippen molar-refractivity contribution in [3.05, 3.63) is 23.3 Å². The van der Waals surface area contributed by atoms with Gasteiger partial charge in [-0.2, -0.15) is 0 Å². The highest BCUT2D eigenvalue weighted by Gasteiger charge is 2.45. The number of esters is 1. The molecule has 0 amide bonds. The normalized spacial score (nSPS) is 34.0. The van der Waals surface area contributed by atoms with E-state index in [9.17, 15) is 4.79 Å². The summed E-state index contributed by atoms with van der Waals surface area (Å²) in [4.78, 5) is 12.0. The monoisotopic (exact) mass is 359 g/mol. The average Bonchev–Trinajstić information content (AvgIpc) is 3.07. The van der Waals surface area contributed by atoms with Gasteiger partial charge in [-0.3, -0.25) is 4.79 Å². The SMILES string of the molecule is CCCCCCC1CCC2=C(C=CC(C3CCC(N)(C(=O)OC)C3)C2)C1. The van der Waals surface area contributed by atoms with Gasteiger partial charge in [0.1, 0.15) is 5.54 Å². The lowest BCUT2D eigenvalue weighted by atomic mass is 9.73. The van der Waals surface area contributed by atoms with Crippen molar-refractivity contribution in [2.24, 2.45) is 23.5 Å². The van der Waals surface area contributed by atoms with Gasteiger partial charge in [0.25, 0.3) is 0 Å². The Balaban J connectivity index is 1.51. The molecule has 4 atom stereocenters. The van der Waals surface area contributed by atoms with Crippen LogP contribution >= 0.6 is 0 Å². The summed E-state index contributed by atoms with van der Waals surface area (Å²) in [5.74, 6) is 1.75. The first-order valence-corrected chi connectivity index (χ1v) is 10.8. The fourth-order valence-electron chi connectivity index (χ4n) is 5.41. The van der Waals surface area contributed by atoms with Gasteiger partial charge in [0.2, 0.25) is 0 Å². The van der Waals surface area contributed by atoms with Gasteiger partial charge in [-0.15, -0.1) is 0 Å². The molecule has 3 nitrogen and oxygen atoms in total. The van der Waals surface area contributed by atoms with E-state index < -0.39 is 5.54 Å². The maximum Gasteiger partial charge on any atom is 0.325 e. The first-order valence-electron chi connectivity index (χ1n) is 10.8. The number of nitrogens with two attached hydrogens (primary N) is 1. The average molecular weight is 360 g/mol. The van der Waals surface area contributed by atoms with Crippen molar-refractivity contribution in [3.8, 4) is 0 Å². The lowest BCUT2D eigenvalue weighted by Gasteiger charge is -2.33. The predicted octanol–water partition coefficient (Wildman–Crippen LogP) is 5.30. The molecule has 0 aromatic carbocycles. The molecule has 0 heterocycles. The van der Waals surface area contributed by atoms with Crippen molar-refractivity contribution in [3.63, 3.8) is 0 Å². The first-order chi connectivity index (χ1) is 12.6. The van der Waals surface area contributed by atoms with E-state index in [-0.39, 0.29) is 5.97 Å². The van der Waals surface area contributed by atoms with Gasteiger partial charge in [-0.1, -0.05) is 56.8 Å². The zero-order valence-corrected chi connectivity index (χ0v) is 16.8. The molecule has 0 spiro atoms. The molecule has 0 bridgehead atoms. The highest BCUT2D eigenvalue weighted by molar-refractivity contribution is 5.80. The minimum Gasteiger partial charge on any atom is -0.468 e. The fraction of sp³-hybridized carbons (Fsp3) is 0.783. The van der Waals surface area contributed by atoms with E-state index in [4.69, 9.17) is 10.5 Å². The van der Waals surface area contributed by atoms with Crippen LogP contribution < -0.4 is 5.73 Å². The quantitative estimate of drug-likeness (QED) is 0.496. The summed E-state index contributed by atoms with van der Waals surface area (Å²) in [5.41, 5.74) is 8.88. The highest BCUT2D eigenvalue weighted by Crippen LogP contribution is 2.45. The van der Waals surface area contributed by atoms with Crippen LogP contribution in [0.25, 0.3) is 0 Å². The molecule has 2 N–H and O–H groups in total. The fourth-order valence-corrected chi connectivity index (χ4v) is 5.41. The van der Waals surface area contributed by atoms with Crippen LogP contribution in [-0.2, 0) is 9.53 Å². The number of hydrogen-bond acceptors (Lipinski definition) is 3. The van der Waals surface area contributed by atoms with Gasteiger partial charge in [-0.25, -0.2) is 0 Å². The van der Waals surface area contributed by atoms with E-state index in [0.29, 0.717) is 11.8 Å². The minimum absolute atomic E-state index is 0.233. The standard InChI is InChI=1S/C23H37NO2/c1-3-4-5-6-7-17-8-9-19-15-20(11-10-18(19)14-17)21-12-13-23(24,16-21)22(25)26-2/h10-11,17,20-21H,3-9,12-16,24H2,1-2H3. The van der Waals surface area contributed by atoms with E-state index in [0.717, 1.165) is 25.2 Å². The van der Waals surface area contributed by atoms with Crippen molar-refractivity contribution < 1.29 is 9.53 Å². The largest absolute Gasteiger partial charge is 0.468 e. The van der Waals surface area contributed by atoms with Crippen LogP contribution in [0.4, 0.5) is 0 Å². The summed E-state index contributed by atoms with van der Waals surface area (Å²) < 4.78 is 4.93. The van der Waals surface area contributed by atoms with Crippen molar-refractivity contribution in [1.82, 2.24) is 0 Å². The van der Waals surface area contributed by atoms with Crippen LogP contribution in [0, 0.1) is 17.8 Å². The minimum atomic E-state index is -0.752. The van der Waals surface area contributed by atoms with Crippen molar-refractivity contribution in [1.29, 1.82) is 0 Å². The molecule has 26 heavy (non-hydrogen) atoms. The van der Waals surface area contributed by atoms with Crippen LogP contribution in [0.15, 0.2) is 23.3 Å². The zero-order valence-electron chi connectivity index (χ0n) is 16.8. The maximum absolute atomic E-state index is 12.0. The second-order valence-electron chi connectivity index (χ2n) is 8.96. The number of carbonyl (C=O) groups excluding carboxylic acids is 1. The molecule has 1 saturated carbocycles. The van der Waals surface area contributed by atoms with E-state index in [1.807, 2.05) is 0 Å². The second kappa shape index (κ2) is 8.73. The molecule has 0 aromatic heterocycles. The third-order valence-electron chi connectivity index (χ3n) is 7.09. The van der Waals surface area contributed by atoms with Gasteiger partial charge in [-0.05, 0) is 68.3 Å². The van der Waals surface area contributed by atoms with Gasteiger partial charge in [0.05, 0.1) is 7.11 Å². The van der Waals surface area contributed by atoms with Crippen LogP contribution in [0.2, 0.25) is 0 Å². The summed E-state index contributed by atoms with van der Waals surface area (Å²) in [5, 5.41) is 0. The zero-order chi connectivity index (χ0) is 18.6. The van der Waals surface area contributed by atoms with E-state index in [1.165, 1.54) is 64.9 Å². The summed E-state index contributed by atoms with van der Waals surface area (Å²) in [6, 6.07) is 0. The van der Waals surface area contributed by atoms with Gasteiger partial charge in [0.15, 0.2) is 0 Å². The van der Waals surface area contributed by atoms with Crippen LogP contribution in [0.1, 0.15) is 84.0 Å². The maximum atomic E-state index is 12.0. The van der Waals surface area contributed by atoms with Crippen LogP contribution in [-0.4, -0.2) is 18.6 Å². The Morgan fingerprint density at radius 1 is 1.27 bits per heavy atom. The summed E-state index contributed by atoms with van der Waals surface area (Å²) in [6.45, 7) is 2.28. The number of carbonyl (C=O) groups is 1. The van der Waals surface area contributed by atoms with Crippen LogP contribution in [0.3, 0.4) is 0 Å². The van der Waals surface area contributed by atoms with E-state index in [1.54, 1.807) is 11.1 Å². The molecule has 3 rings (SSSR count). The Kier molecular flexibility index (Phi) is 6.60. The Morgan fingerprint density at radius 3 is 2.88 bits per heavy atom. The van der Waals surface area contributed by atoms with E-state index in [2.05, 4.69) is 19.1 Å². The lowest BCUT2D eigenvalue weighted by molar-refractivity contribution is -0.146. The molecule has 3 aliphatic carbocycles. The van der Waals surface area contributed by atoms with Crippen molar-refractivity contribution in [2.75, 3.05) is 7.11 Å². The third-order valence-corrected chi connectivity index (χ3v) is 7.09. The Morgan fingerprint density at radius 2 is 2.12 bits per heavy atom. The lowest BCUT2D eigenvalue weighted by Crippen LogP contribution is -2.46. The molecule has 146 valence electrons. The molecule has 0 aromatic rings. The first kappa shape index (κ1) is 19.7. The number of allylic oxidation sites excluding steroid dienone is 4. The Hall–Kier alpha value is -1.09. The van der Waals surface area contributed by atoms with Crippen molar-refractivity contribution >= 4 is 5.97 Å². The molecule has 1 fully saturated rings. The van der Waals surface area contributed by atoms with E-state index >= 15 is 0 Å². The molecule has 3 heteroatoms. The Bertz CT molecular complexity index is 565. The number of ether oxygens (including phenoxy) is 1. The molecule has 0 aliphatic heterocycles. The van der Waals surface area contributed by atoms with Gasteiger partial charge >= 0.3 is 5.97 Å². The van der Waals surface area contributed by atoms with Crippen LogP contribution in [0.5, 0.6) is 0 Å². The molecule has 4 unspecified atom stereocenters. The van der Waals surface area contributed by atoms with Crippen molar-refractivity contribution in [2.45, 2.75) is 89.5 Å². The molecular formula is C23H37NO2. The number of rotatable bonds is 7. The summed E-state index contributed by atoms with van der Waals surface area (Å²) in [6.07, 6.45) is 19.5.